The van der Waals surface area contributed by atoms with Crippen molar-refractivity contribution in [3.8, 4) is 0 Å². The molecule has 0 aliphatic carbocycles. The van der Waals surface area contributed by atoms with Crippen molar-refractivity contribution in [1.82, 2.24) is 0 Å². The molecule has 0 spiro atoms. The fraction of sp³-hybridized carbons (Fsp3) is 0.864. The molecule has 0 aromatic carbocycles. The Bertz CT molecular complexity index is 357. The van der Waals surface area contributed by atoms with E-state index in [-0.39, 0.29) is 11.9 Å². The van der Waals surface area contributed by atoms with Crippen molar-refractivity contribution >= 4 is 17.9 Å². The van der Waals surface area contributed by atoms with Gasteiger partial charge in [-0.2, -0.15) is 0 Å². The Hall–Kier alpha value is -1.59. The minimum atomic E-state index is -0.670. The first-order valence-corrected chi connectivity index (χ1v) is 11.0. The van der Waals surface area contributed by atoms with E-state index in [1.165, 1.54) is 19.3 Å². The molecule has 0 amide bonds. The molecule has 0 saturated carbocycles. The van der Waals surface area contributed by atoms with Crippen LogP contribution >= 0.6 is 0 Å². The van der Waals surface area contributed by atoms with Gasteiger partial charge in [0.1, 0.15) is 0 Å². The summed E-state index contributed by atoms with van der Waals surface area (Å²) in [5.74, 6) is -0.998. The molecule has 28 heavy (non-hydrogen) atoms. The minimum Gasteiger partial charge on any atom is -0.481 e. The fourth-order valence-electron chi connectivity index (χ4n) is 2.22. The number of ether oxygens (including phenoxy) is 2. The van der Waals surface area contributed by atoms with Crippen LogP contribution in [0.5, 0.6) is 0 Å². The number of aliphatic carboxylic acids is 1. The van der Waals surface area contributed by atoms with Gasteiger partial charge in [0.05, 0.1) is 13.2 Å². The summed E-state index contributed by atoms with van der Waals surface area (Å²) >= 11 is 0. The van der Waals surface area contributed by atoms with Gasteiger partial charge in [-0.15, -0.1) is 0 Å². The molecule has 0 aromatic heterocycles. The molecule has 6 nitrogen and oxygen atoms in total. The van der Waals surface area contributed by atoms with Crippen LogP contribution in [-0.2, 0) is 23.9 Å². The summed E-state index contributed by atoms with van der Waals surface area (Å²) in [6, 6.07) is 0. The first kappa shape index (κ1) is 28.6. The quantitative estimate of drug-likeness (QED) is 0.249. The van der Waals surface area contributed by atoms with Gasteiger partial charge >= 0.3 is 17.9 Å². The molecule has 0 aliphatic rings. The van der Waals surface area contributed by atoms with E-state index in [9.17, 15) is 14.4 Å². The minimum absolute atomic E-state index is 0.164. The number of esters is 2. The van der Waals surface area contributed by atoms with Crippen molar-refractivity contribution in [3.63, 3.8) is 0 Å². The molecule has 0 fully saturated rings. The summed E-state index contributed by atoms with van der Waals surface area (Å²) in [5, 5.41) is 8.27. The highest BCUT2D eigenvalue weighted by Crippen LogP contribution is 2.05. The number of carbonyl (C=O) groups excluding carboxylic acids is 2. The van der Waals surface area contributed by atoms with Gasteiger partial charge in [0, 0.05) is 19.3 Å². The van der Waals surface area contributed by atoms with E-state index in [0.717, 1.165) is 38.5 Å². The molecular weight excluding hydrogens is 360 g/mol. The van der Waals surface area contributed by atoms with E-state index in [0.29, 0.717) is 45.3 Å². The number of hydrogen-bond acceptors (Lipinski definition) is 5. The first-order chi connectivity index (χ1) is 13.5. The molecule has 6 heteroatoms. The number of carboxylic acid groups (broad SMARTS) is 1. The van der Waals surface area contributed by atoms with Gasteiger partial charge in [-0.3, -0.25) is 14.4 Å². The van der Waals surface area contributed by atoms with Gasteiger partial charge in [0.25, 0.3) is 0 Å². The van der Waals surface area contributed by atoms with Crippen molar-refractivity contribution in [2.24, 2.45) is 0 Å². The molecular formula is C22H42O6. The molecule has 0 rings (SSSR count). The van der Waals surface area contributed by atoms with Crippen molar-refractivity contribution in [1.29, 1.82) is 0 Å². The van der Waals surface area contributed by atoms with Crippen molar-refractivity contribution < 1.29 is 29.0 Å². The molecule has 0 aliphatic heterocycles. The molecule has 0 heterocycles. The van der Waals surface area contributed by atoms with Crippen LogP contribution in [-0.4, -0.2) is 36.2 Å². The van der Waals surface area contributed by atoms with Gasteiger partial charge in [-0.25, -0.2) is 0 Å². The zero-order valence-electron chi connectivity index (χ0n) is 18.3. The summed E-state index contributed by atoms with van der Waals surface area (Å²) in [6.45, 7) is 7.27. The van der Waals surface area contributed by atoms with Gasteiger partial charge < -0.3 is 14.6 Å². The average Bonchev–Trinajstić information content (AvgIpc) is 2.66. The second-order valence-electron chi connectivity index (χ2n) is 6.91. The third-order valence-corrected chi connectivity index (χ3v) is 4.03. The number of rotatable bonds is 17. The van der Waals surface area contributed by atoms with Crippen molar-refractivity contribution in [2.75, 3.05) is 13.2 Å². The maximum atomic E-state index is 11.2. The Morgan fingerprint density at radius 3 is 1.36 bits per heavy atom. The van der Waals surface area contributed by atoms with Crippen molar-refractivity contribution in [2.45, 2.75) is 111 Å². The van der Waals surface area contributed by atoms with Crippen LogP contribution in [0.2, 0.25) is 0 Å². The maximum Gasteiger partial charge on any atom is 0.305 e. The Kier molecular flexibility index (Phi) is 24.0. The molecule has 0 radical (unpaired) electrons. The van der Waals surface area contributed by atoms with Crippen LogP contribution in [0.4, 0.5) is 0 Å². The summed E-state index contributed by atoms with van der Waals surface area (Å²) in [4.78, 5) is 32.5. The lowest BCUT2D eigenvalue weighted by molar-refractivity contribution is -0.146. The standard InChI is InChI=1S/C14H26O4.C8H16O2/c1-3-5-11-17-13(15)9-7-8-10-14(16)18-12-6-4-2;1-2-3-4-5-6-7-8(9)10/h3-12H2,1-2H3;2-7H2,1H3,(H,9,10). The van der Waals surface area contributed by atoms with E-state index in [1.54, 1.807) is 0 Å². The maximum absolute atomic E-state index is 11.2. The monoisotopic (exact) mass is 402 g/mol. The molecule has 0 bridgehead atoms. The topological polar surface area (TPSA) is 89.9 Å². The summed E-state index contributed by atoms with van der Waals surface area (Å²) < 4.78 is 10.0. The van der Waals surface area contributed by atoms with Gasteiger partial charge in [-0.1, -0.05) is 59.3 Å². The SMILES string of the molecule is CCCCCCCC(=O)O.CCCCOC(=O)CCCCC(=O)OCCCC. The summed E-state index contributed by atoms with van der Waals surface area (Å²) in [5.41, 5.74) is 0. The smallest absolute Gasteiger partial charge is 0.305 e. The van der Waals surface area contributed by atoms with Crippen LogP contribution in [0.25, 0.3) is 0 Å². The van der Waals surface area contributed by atoms with Crippen LogP contribution < -0.4 is 0 Å². The van der Waals surface area contributed by atoms with E-state index in [1.807, 2.05) is 0 Å². The number of unbranched alkanes of at least 4 members (excludes halogenated alkanes) is 7. The Balaban J connectivity index is 0. The lowest BCUT2D eigenvalue weighted by Crippen LogP contribution is -2.07. The Morgan fingerprint density at radius 1 is 0.571 bits per heavy atom. The average molecular weight is 403 g/mol. The van der Waals surface area contributed by atoms with Gasteiger partial charge in [0.2, 0.25) is 0 Å². The summed E-state index contributed by atoms with van der Waals surface area (Å²) in [6.07, 6.45) is 11.9. The second kappa shape index (κ2) is 23.4. The lowest BCUT2D eigenvalue weighted by Gasteiger charge is -2.04. The third-order valence-electron chi connectivity index (χ3n) is 4.03. The highest BCUT2D eigenvalue weighted by atomic mass is 16.5. The predicted octanol–water partition coefficient (Wildman–Crippen LogP) is 5.66. The molecule has 0 unspecified atom stereocenters. The van der Waals surface area contributed by atoms with E-state index < -0.39 is 5.97 Å². The highest BCUT2D eigenvalue weighted by molar-refractivity contribution is 5.70. The van der Waals surface area contributed by atoms with Crippen LogP contribution in [0.3, 0.4) is 0 Å². The first-order valence-electron chi connectivity index (χ1n) is 11.0. The molecule has 1 N–H and O–H groups in total. The fourth-order valence-corrected chi connectivity index (χ4v) is 2.22. The number of carboxylic acids is 1. The Labute approximate surface area is 171 Å². The van der Waals surface area contributed by atoms with E-state index >= 15 is 0 Å². The van der Waals surface area contributed by atoms with E-state index in [2.05, 4.69) is 20.8 Å². The number of carbonyl (C=O) groups is 3. The lowest BCUT2D eigenvalue weighted by atomic mass is 10.1. The highest BCUT2D eigenvalue weighted by Gasteiger charge is 2.05. The largest absolute Gasteiger partial charge is 0.481 e. The zero-order chi connectivity index (χ0) is 21.5. The van der Waals surface area contributed by atoms with Gasteiger partial charge in [0.15, 0.2) is 0 Å². The van der Waals surface area contributed by atoms with Crippen LogP contribution in [0.15, 0.2) is 0 Å². The Morgan fingerprint density at radius 2 is 0.964 bits per heavy atom. The zero-order valence-corrected chi connectivity index (χ0v) is 18.3. The van der Waals surface area contributed by atoms with Crippen LogP contribution in [0.1, 0.15) is 111 Å². The number of hydrogen-bond donors (Lipinski definition) is 1. The normalized spacial score (nSPS) is 9.96. The predicted molar refractivity (Wildman–Crippen MR) is 111 cm³/mol. The molecule has 0 saturated heterocycles. The molecule has 0 atom stereocenters. The second-order valence-corrected chi connectivity index (χ2v) is 6.91. The van der Waals surface area contributed by atoms with Gasteiger partial charge in [-0.05, 0) is 32.1 Å². The van der Waals surface area contributed by atoms with Crippen LogP contribution in [0, 0.1) is 0 Å². The third kappa shape index (κ3) is 26.6. The molecule has 0 aromatic rings. The summed E-state index contributed by atoms with van der Waals surface area (Å²) in [7, 11) is 0. The van der Waals surface area contributed by atoms with E-state index in [4.69, 9.17) is 14.6 Å². The van der Waals surface area contributed by atoms with Crippen molar-refractivity contribution in [3.05, 3.63) is 0 Å². The molecule has 166 valence electrons.